The van der Waals surface area contributed by atoms with E-state index < -0.39 is 11.6 Å². The van der Waals surface area contributed by atoms with Gasteiger partial charge in [0.15, 0.2) is 11.5 Å². The first-order valence-electron chi connectivity index (χ1n) is 10.8. The molecule has 10 nitrogen and oxygen atoms in total. The Morgan fingerprint density at radius 1 is 1.42 bits per heavy atom. The number of fused-ring (bicyclic) bond motifs is 2. The summed E-state index contributed by atoms with van der Waals surface area (Å²) in [5.41, 5.74) is 7.38. The van der Waals surface area contributed by atoms with Crippen LogP contribution in [-0.2, 0) is 0 Å². The maximum absolute atomic E-state index is 13.2. The van der Waals surface area contributed by atoms with Crippen molar-refractivity contribution in [2.75, 3.05) is 23.7 Å². The summed E-state index contributed by atoms with van der Waals surface area (Å²) >= 11 is 6.57. The van der Waals surface area contributed by atoms with E-state index in [0.29, 0.717) is 17.2 Å². The lowest BCUT2D eigenvalue weighted by Gasteiger charge is -2.39. The van der Waals surface area contributed by atoms with Crippen molar-refractivity contribution in [1.29, 1.82) is 0 Å². The number of nitrogens with zero attached hydrogens (tertiary/aromatic N) is 6. The molecule has 0 spiro atoms. The quantitative estimate of drug-likeness (QED) is 0.420. The topological polar surface area (TPSA) is 126 Å². The average molecular weight is 469 g/mol. The van der Waals surface area contributed by atoms with Crippen LogP contribution in [0, 0.1) is 0 Å². The average Bonchev–Trinajstić information content (AvgIpc) is 3.37. The van der Waals surface area contributed by atoms with Crippen LogP contribution in [0.2, 0.25) is 5.02 Å². The molecule has 4 aromatic heterocycles. The van der Waals surface area contributed by atoms with Gasteiger partial charge in [-0.25, -0.2) is 14.5 Å². The predicted octanol–water partition coefficient (Wildman–Crippen LogP) is 2.45. The van der Waals surface area contributed by atoms with Crippen LogP contribution >= 0.6 is 11.6 Å². The molecule has 5 heterocycles. The minimum atomic E-state index is -0.814. The summed E-state index contributed by atoms with van der Waals surface area (Å²) in [7, 11) is 0. The second kappa shape index (κ2) is 7.89. The van der Waals surface area contributed by atoms with Gasteiger partial charge in [-0.3, -0.25) is 9.20 Å². The number of aromatic nitrogens is 5. The van der Waals surface area contributed by atoms with E-state index in [2.05, 4.69) is 25.3 Å². The van der Waals surface area contributed by atoms with Crippen molar-refractivity contribution in [1.82, 2.24) is 29.3 Å². The molecule has 11 heteroatoms. The van der Waals surface area contributed by atoms with Crippen LogP contribution in [0.25, 0.3) is 11.2 Å². The largest absolute Gasteiger partial charge is 0.388 e. The third-order valence-electron chi connectivity index (χ3n) is 6.09. The van der Waals surface area contributed by atoms with Crippen LogP contribution in [0.3, 0.4) is 0 Å². The van der Waals surface area contributed by atoms with E-state index in [-0.39, 0.29) is 17.3 Å². The number of nitrogens with two attached hydrogens (primary N) is 1. The molecule has 1 aliphatic rings. The van der Waals surface area contributed by atoms with Crippen LogP contribution in [0.1, 0.15) is 48.7 Å². The Kier molecular flexibility index (Phi) is 5.13. The molecule has 1 saturated heterocycles. The molecule has 4 N–H and O–H groups in total. The number of β-amino-alcohol motifs (C(OH)–C–C–N with tert-alkyl or cyclic N) is 1. The fraction of sp³-hybridized carbons (Fsp3) is 0.364. The number of piperidine rings is 1. The molecule has 0 aromatic carbocycles. The third kappa shape index (κ3) is 3.75. The predicted molar refractivity (Wildman–Crippen MR) is 126 cm³/mol. The van der Waals surface area contributed by atoms with Crippen molar-refractivity contribution < 1.29 is 9.90 Å². The van der Waals surface area contributed by atoms with E-state index in [0.717, 1.165) is 36.3 Å². The van der Waals surface area contributed by atoms with Gasteiger partial charge in [0.25, 0.3) is 5.91 Å². The number of pyridine rings is 1. The van der Waals surface area contributed by atoms with E-state index in [1.807, 2.05) is 24.3 Å². The van der Waals surface area contributed by atoms with E-state index in [1.54, 1.807) is 31.0 Å². The lowest BCUT2D eigenvalue weighted by molar-refractivity contribution is 0.0445. The number of carbonyl (C=O) groups excluding carboxylic acids is 1. The number of hydrogen-bond acceptors (Lipinski definition) is 7. The van der Waals surface area contributed by atoms with E-state index in [1.165, 1.54) is 4.52 Å². The molecule has 0 aliphatic carbocycles. The van der Waals surface area contributed by atoms with E-state index in [4.69, 9.17) is 17.3 Å². The molecule has 1 fully saturated rings. The zero-order valence-electron chi connectivity index (χ0n) is 18.4. The fourth-order valence-electron chi connectivity index (χ4n) is 4.58. The zero-order valence-corrected chi connectivity index (χ0v) is 19.1. The highest BCUT2D eigenvalue weighted by Crippen LogP contribution is 2.35. The molecule has 0 saturated carbocycles. The molecule has 5 rings (SSSR count). The Morgan fingerprint density at radius 2 is 2.24 bits per heavy atom. The summed E-state index contributed by atoms with van der Waals surface area (Å²) in [6.45, 7) is 4.95. The minimum absolute atomic E-state index is 0.105. The Labute approximate surface area is 195 Å². The van der Waals surface area contributed by atoms with Gasteiger partial charge in [-0.2, -0.15) is 0 Å². The number of anilines is 2. The standard InChI is InChI=1S/C22H25ClN8O2/c1-13(27-20(32)17-18(24)28-31-8-4-6-26-19(17)31)14-9-15(23)16-10-25-12-30(16)21(14)29-7-3-5-22(2,33)11-29/h4,6,8-10,12-13,33H,3,5,7,11H2,1-2H3,(H2,24,28)(H,27,32). The van der Waals surface area contributed by atoms with E-state index >= 15 is 0 Å². The SMILES string of the molecule is CC(NC(=O)c1c(N)nn2cccnc12)c1cc(Cl)c2cncn2c1N1CCCC(C)(O)C1. The van der Waals surface area contributed by atoms with Gasteiger partial charge < -0.3 is 21.1 Å². The molecular weight excluding hydrogens is 444 g/mol. The van der Waals surface area contributed by atoms with Crippen LogP contribution in [0.5, 0.6) is 0 Å². The molecule has 0 radical (unpaired) electrons. The van der Waals surface area contributed by atoms with Crippen molar-refractivity contribution in [3.8, 4) is 0 Å². The van der Waals surface area contributed by atoms with Crippen LogP contribution in [0.15, 0.2) is 37.1 Å². The van der Waals surface area contributed by atoms with Crippen LogP contribution in [0.4, 0.5) is 11.6 Å². The van der Waals surface area contributed by atoms with Crippen molar-refractivity contribution in [2.24, 2.45) is 0 Å². The molecule has 1 amide bonds. The molecule has 33 heavy (non-hydrogen) atoms. The number of hydrogen-bond donors (Lipinski definition) is 3. The molecule has 2 atom stereocenters. The Bertz CT molecular complexity index is 1360. The van der Waals surface area contributed by atoms with Crippen molar-refractivity contribution >= 4 is 40.3 Å². The summed E-state index contributed by atoms with van der Waals surface area (Å²) in [5.74, 6) is 0.562. The maximum atomic E-state index is 13.2. The van der Waals surface area contributed by atoms with Gasteiger partial charge in [-0.15, -0.1) is 5.10 Å². The monoisotopic (exact) mass is 468 g/mol. The van der Waals surface area contributed by atoms with Crippen LogP contribution in [-0.4, -0.2) is 53.7 Å². The van der Waals surface area contributed by atoms with Crippen molar-refractivity contribution in [3.05, 3.63) is 53.2 Å². The number of rotatable bonds is 4. The highest BCUT2D eigenvalue weighted by molar-refractivity contribution is 6.34. The lowest BCUT2D eigenvalue weighted by atomic mass is 9.94. The highest BCUT2D eigenvalue weighted by Gasteiger charge is 2.32. The first kappa shape index (κ1) is 21.5. The number of aliphatic hydroxyl groups is 1. The Hall–Kier alpha value is -3.37. The zero-order chi connectivity index (χ0) is 23.3. The molecule has 2 unspecified atom stereocenters. The summed E-state index contributed by atoms with van der Waals surface area (Å²) in [5, 5.41) is 18.4. The number of imidazole rings is 1. The van der Waals surface area contributed by atoms with Crippen molar-refractivity contribution in [2.45, 2.75) is 38.3 Å². The summed E-state index contributed by atoms with van der Waals surface area (Å²) in [6, 6.07) is 3.13. The third-order valence-corrected chi connectivity index (χ3v) is 6.39. The van der Waals surface area contributed by atoms with Gasteiger partial charge in [0.05, 0.1) is 28.4 Å². The first-order chi connectivity index (χ1) is 15.7. The van der Waals surface area contributed by atoms with Gasteiger partial charge in [0.2, 0.25) is 0 Å². The maximum Gasteiger partial charge on any atom is 0.259 e. The number of amides is 1. The molecule has 4 aromatic rings. The highest BCUT2D eigenvalue weighted by atomic mass is 35.5. The normalized spacial score (nSPS) is 19.8. The summed E-state index contributed by atoms with van der Waals surface area (Å²) < 4.78 is 3.39. The molecular formula is C22H25ClN8O2. The summed E-state index contributed by atoms with van der Waals surface area (Å²) in [6.07, 6.45) is 8.25. The number of nitrogens with one attached hydrogen (secondary N) is 1. The van der Waals surface area contributed by atoms with Gasteiger partial charge in [-0.1, -0.05) is 11.6 Å². The molecule has 172 valence electrons. The van der Waals surface area contributed by atoms with Gasteiger partial charge in [-0.05, 0) is 38.8 Å². The fourth-order valence-corrected chi connectivity index (χ4v) is 4.83. The lowest BCUT2D eigenvalue weighted by Crippen LogP contribution is -2.47. The van der Waals surface area contributed by atoms with Crippen LogP contribution < -0.4 is 16.0 Å². The smallest absolute Gasteiger partial charge is 0.259 e. The number of halogens is 1. The first-order valence-corrected chi connectivity index (χ1v) is 11.1. The van der Waals surface area contributed by atoms with E-state index in [9.17, 15) is 9.90 Å². The number of carbonyl (C=O) groups is 1. The van der Waals surface area contributed by atoms with Gasteiger partial charge in [0, 0.05) is 31.0 Å². The minimum Gasteiger partial charge on any atom is -0.388 e. The second-order valence-electron chi connectivity index (χ2n) is 8.79. The van der Waals surface area contributed by atoms with Gasteiger partial charge >= 0.3 is 0 Å². The van der Waals surface area contributed by atoms with Crippen molar-refractivity contribution in [3.63, 3.8) is 0 Å². The number of nitrogen functional groups attached to an aromatic ring is 1. The second-order valence-corrected chi connectivity index (χ2v) is 9.19. The Morgan fingerprint density at radius 3 is 3.03 bits per heavy atom. The van der Waals surface area contributed by atoms with Gasteiger partial charge in [0.1, 0.15) is 17.7 Å². The Balaban J connectivity index is 1.55. The molecule has 1 aliphatic heterocycles. The summed E-state index contributed by atoms with van der Waals surface area (Å²) in [4.78, 5) is 23.9. The molecule has 0 bridgehead atoms.